The first-order valence-electron chi connectivity index (χ1n) is 6.22. The van der Waals surface area contributed by atoms with Gasteiger partial charge in [0.15, 0.2) is 6.29 Å². The molecule has 0 unspecified atom stereocenters. The lowest BCUT2D eigenvalue weighted by Gasteiger charge is -2.05. The summed E-state index contributed by atoms with van der Waals surface area (Å²) >= 11 is 0. The lowest BCUT2D eigenvalue weighted by molar-refractivity contribution is 0.112. The summed E-state index contributed by atoms with van der Waals surface area (Å²) < 4.78 is 1.89. The predicted octanol–water partition coefficient (Wildman–Crippen LogP) is 2.92. The molecular formula is C15H18N2O. The molecule has 1 aromatic carbocycles. The molecule has 0 saturated heterocycles. The number of benzene rings is 1. The summed E-state index contributed by atoms with van der Waals surface area (Å²) in [6, 6.07) is 8.52. The zero-order valence-corrected chi connectivity index (χ0v) is 11.1. The van der Waals surface area contributed by atoms with Crippen molar-refractivity contribution in [2.45, 2.75) is 33.7 Å². The number of rotatable bonds is 4. The van der Waals surface area contributed by atoms with Crippen LogP contribution in [0.15, 0.2) is 24.3 Å². The van der Waals surface area contributed by atoms with E-state index in [0.717, 1.165) is 24.1 Å². The van der Waals surface area contributed by atoms with E-state index in [0.29, 0.717) is 12.1 Å². The number of aromatic nitrogens is 2. The largest absolute Gasteiger partial charge is 0.298 e. The first-order valence-corrected chi connectivity index (χ1v) is 6.22. The van der Waals surface area contributed by atoms with E-state index < -0.39 is 0 Å². The lowest BCUT2D eigenvalue weighted by atomic mass is 10.1. The molecule has 0 N–H and O–H groups in total. The van der Waals surface area contributed by atoms with Crippen molar-refractivity contribution in [3.05, 3.63) is 52.3 Å². The van der Waals surface area contributed by atoms with Crippen molar-refractivity contribution in [3.63, 3.8) is 0 Å². The van der Waals surface area contributed by atoms with Gasteiger partial charge in [-0.1, -0.05) is 31.2 Å². The highest BCUT2D eigenvalue weighted by Crippen LogP contribution is 2.13. The first-order chi connectivity index (χ1) is 8.65. The van der Waals surface area contributed by atoms with Gasteiger partial charge in [-0.05, 0) is 31.4 Å². The second-order valence-electron chi connectivity index (χ2n) is 4.53. The molecule has 3 heteroatoms. The Morgan fingerprint density at radius 1 is 1.17 bits per heavy atom. The molecule has 0 aliphatic heterocycles. The summed E-state index contributed by atoms with van der Waals surface area (Å²) in [4.78, 5) is 10.9. The minimum atomic E-state index is 0.708. The van der Waals surface area contributed by atoms with Crippen molar-refractivity contribution < 1.29 is 4.79 Å². The Hall–Kier alpha value is -1.90. The van der Waals surface area contributed by atoms with Gasteiger partial charge in [-0.25, -0.2) is 0 Å². The fourth-order valence-corrected chi connectivity index (χ4v) is 2.09. The maximum absolute atomic E-state index is 10.9. The Kier molecular flexibility index (Phi) is 3.60. The Balaban J connectivity index is 2.25. The number of hydrogen-bond donors (Lipinski definition) is 0. The third kappa shape index (κ3) is 2.35. The second-order valence-corrected chi connectivity index (χ2v) is 4.53. The molecule has 18 heavy (non-hydrogen) atoms. The normalized spacial score (nSPS) is 10.6. The number of aldehydes is 1. The van der Waals surface area contributed by atoms with Crippen LogP contribution in [0, 0.1) is 13.8 Å². The quantitative estimate of drug-likeness (QED) is 0.773. The predicted molar refractivity (Wildman–Crippen MR) is 72.0 cm³/mol. The molecule has 0 atom stereocenters. The van der Waals surface area contributed by atoms with Crippen LogP contribution in [0.2, 0.25) is 0 Å². The van der Waals surface area contributed by atoms with Crippen LogP contribution in [0.1, 0.15) is 39.8 Å². The van der Waals surface area contributed by atoms with Crippen LogP contribution >= 0.6 is 0 Å². The van der Waals surface area contributed by atoms with Gasteiger partial charge in [0.1, 0.15) is 0 Å². The Morgan fingerprint density at radius 3 is 2.28 bits per heavy atom. The molecule has 0 saturated carbocycles. The third-order valence-corrected chi connectivity index (χ3v) is 3.32. The van der Waals surface area contributed by atoms with E-state index in [4.69, 9.17) is 0 Å². The number of hydrogen-bond acceptors (Lipinski definition) is 2. The Morgan fingerprint density at radius 2 is 1.78 bits per heavy atom. The molecule has 0 amide bonds. The third-order valence-electron chi connectivity index (χ3n) is 3.32. The topological polar surface area (TPSA) is 34.9 Å². The van der Waals surface area contributed by atoms with Gasteiger partial charge in [0.2, 0.25) is 0 Å². The highest BCUT2D eigenvalue weighted by atomic mass is 16.1. The van der Waals surface area contributed by atoms with Crippen molar-refractivity contribution in [2.24, 2.45) is 0 Å². The minimum Gasteiger partial charge on any atom is -0.298 e. The molecule has 0 aliphatic rings. The molecule has 94 valence electrons. The first kappa shape index (κ1) is 12.6. The van der Waals surface area contributed by atoms with Gasteiger partial charge >= 0.3 is 0 Å². The maximum Gasteiger partial charge on any atom is 0.153 e. The zero-order chi connectivity index (χ0) is 13.1. The fraction of sp³-hybridized carbons (Fsp3) is 0.333. The molecule has 0 fully saturated rings. The van der Waals surface area contributed by atoms with Gasteiger partial charge < -0.3 is 0 Å². The van der Waals surface area contributed by atoms with Crippen LogP contribution < -0.4 is 0 Å². The second kappa shape index (κ2) is 5.17. The molecule has 2 rings (SSSR count). The van der Waals surface area contributed by atoms with Gasteiger partial charge in [0, 0.05) is 5.69 Å². The van der Waals surface area contributed by atoms with Gasteiger partial charge in [0.25, 0.3) is 0 Å². The van der Waals surface area contributed by atoms with E-state index in [1.54, 1.807) is 0 Å². The number of carbonyl (C=O) groups excluding carboxylic acids is 1. The smallest absolute Gasteiger partial charge is 0.153 e. The molecule has 2 aromatic rings. The van der Waals surface area contributed by atoms with Crippen LogP contribution in [0.25, 0.3) is 0 Å². The van der Waals surface area contributed by atoms with Gasteiger partial charge in [-0.2, -0.15) is 5.10 Å². The monoisotopic (exact) mass is 242 g/mol. The highest BCUT2D eigenvalue weighted by Gasteiger charge is 2.10. The van der Waals surface area contributed by atoms with Crippen molar-refractivity contribution in [1.82, 2.24) is 9.78 Å². The van der Waals surface area contributed by atoms with Crippen molar-refractivity contribution in [2.75, 3.05) is 0 Å². The molecular weight excluding hydrogens is 224 g/mol. The Bertz CT molecular complexity index is 553. The van der Waals surface area contributed by atoms with Gasteiger partial charge in [-0.3, -0.25) is 9.48 Å². The van der Waals surface area contributed by atoms with E-state index in [1.807, 2.05) is 18.5 Å². The minimum absolute atomic E-state index is 0.708. The van der Waals surface area contributed by atoms with E-state index in [1.165, 1.54) is 11.1 Å². The summed E-state index contributed by atoms with van der Waals surface area (Å²) in [6.07, 6.45) is 1.93. The number of carbonyl (C=O) groups is 1. The summed E-state index contributed by atoms with van der Waals surface area (Å²) in [7, 11) is 0. The summed E-state index contributed by atoms with van der Waals surface area (Å²) in [6.45, 7) is 6.66. The van der Waals surface area contributed by atoms with Gasteiger partial charge in [-0.15, -0.1) is 0 Å². The van der Waals surface area contributed by atoms with Crippen LogP contribution in [0.4, 0.5) is 0 Å². The summed E-state index contributed by atoms with van der Waals surface area (Å²) in [5, 5.41) is 4.40. The average molecular weight is 242 g/mol. The van der Waals surface area contributed by atoms with E-state index in [-0.39, 0.29) is 0 Å². The molecule has 1 heterocycles. The highest BCUT2D eigenvalue weighted by molar-refractivity contribution is 5.78. The SMILES string of the molecule is CCc1ccc(Cn2nc(C)c(C=O)c2C)cc1. The molecule has 0 spiro atoms. The standard InChI is InChI=1S/C15H18N2O/c1-4-13-5-7-14(8-6-13)9-17-12(3)15(10-18)11(2)16-17/h5-8,10H,4,9H2,1-3H3. The van der Waals surface area contributed by atoms with E-state index in [9.17, 15) is 4.79 Å². The van der Waals surface area contributed by atoms with Gasteiger partial charge in [0.05, 0.1) is 17.8 Å². The van der Waals surface area contributed by atoms with Crippen LogP contribution in [-0.4, -0.2) is 16.1 Å². The number of nitrogens with zero attached hydrogens (tertiary/aromatic N) is 2. The molecule has 1 aromatic heterocycles. The average Bonchev–Trinajstić information content (AvgIpc) is 2.65. The summed E-state index contributed by atoms with van der Waals surface area (Å²) in [5.74, 6) is 0. The lowest BCUT2D eigenvalue weighted by Crippen LogP contribution is -2.04. The molecule has 0 radical (unpaired) electrons. The van der Waals surface area contributed by atoms with Crippen LogP contribution in [0.3, 0.4) is 0 Å². The van der Waals surface area contributed by atoms with E-state index in [2.05, 4.69) is 36.3 Å². The number of aryl methyl sites for hydroxylation is 2. The van der Waals surface area contributed by atoms with Crippen LogP contribution in [-0.2, 0) is 13.0 Å². The summed E-state index contributed by atoms with van der Waals surface area (Å²) in [5.41, 5.74) is 4.98. The Labute approximate surface area is 107 Å². The van der Waals surface area contributed by atoms with Crippen molar-refractivity contribution in [1.29, 1.82) is 0 Å². The van der Waals surface area contributed by atoms with E-state index >= 15 is 0 Å². The van der Waals surface area contributed by atoms with Crippen molar-refractivity contribution >= 4 is 6.29 Å². The van der Waals surface area contributed by atoms with Crippen molar-refractivity contribution in [3.8, 4) is 0 Å². The fourth-order valence-electron chi connectivity index (χ4n) is 2.09. The molecule has 3 nitrogen and oxygen atoms in total. The molecule has 0 aliphatic carbocycles. The molecule has 0 bridgehead atoms. The maximum atomic E-state index is 10.9. The zero-order valence-electron chi connectivity index (χ0n) is 11.1. The van der Waals surface area contributed by atoms with Crippen LogP contribution in [0.5, 0.6) is 0 Å².